The first-order valence-corrected chi connectivity index (χ1v) is 6.07. The van der Waals surface area contributed by atoms with Crippen LogP contribution < -0.4 is 14.8 Å². The maximum Gasteiger partial charge on any atom is 0.358 e. The lowest BCUT2D eigenvalue weighted by Crippen LogP contribution is -2.07. The molecule has 0 amide bonds. The molecule has 110 valence electrons. The quantitative estimate of drug-likeness (QED) is 0.843. The summed E-state index contributed by atoms with van der Waals surface area (Å²) in [6.07, 6.45) is 2.82. The molecule has 7 nitrogen and oxygen atoms in total. The summed E-state index contributed by atoms with van der Waals surface area (Å²) in [5.41, 5.74) is 0.762. The largest absolute Gasteiger partial charge is 0.497 e. The Morgan fingerprint density at radius 2 is 1.95 bits per heavy atom. The zero-order valence-electron chi connectivity index (χ0n) is 11.9. The van der Waals surface area contributed by atoms with Crippen molar-refractivity contribution in [2.45, 2.75) is 0 Å². The van der Waals surface area contributed by atoms with Gasteiger partial charge in [0.05, 0.1) is 39.4 Å². The van der Waals surface area contributed by atoms with E-state index in [-0.39, 0.29) is 5.69 Å². The number of aromatic nitrogens is 2. The molecule has 0 aliphatic rings. The summed E-state index contributed by atoms with van der Waals surface area (Å²) in [5.74, 6) is 1.12. The lowest BCUT2D eigenvalue weighted by molar-refractivity contribution is 0.0593. The number of carbonyl (C=O) groups excluding carboxylic acids is 1. The number of esters is 1. The Kier molecular flexibility index (Phi) is 4.55. The van der Waals surface area contributed by atoms with Crippen molar-refractivity contribution in [3.8, 4) is 11.5 Å². The van der Waals surface area contributed by atoms with E-state index >= 15 is 0 Å². The van der Waals surface area contributed by atoms with Crippen LogP contribution in [0.25, 0.3) is 0 Å². The lowest BCUT2D eigenvalue weighted by atomic mass is 10.2. The third-order valence-electron chi connectivity index (χ3n) is 2.70. The molecule has 0 saturated carbocycles. The van der Waals surface area contributed by atoms with Crippen LogP contribution in [0, 0.1) is 0 Å². The zero-order valence-corrected chi connectivity index (χ0v) is 11.9. The summed E-state index contributed by atoms with van der Waals surface area (Å²) >= 11 is 0. The minimum atomic E-state index is -0.552. The van der Waals surface area contributed by atoms with Crippen LogP contribution in [0.3, 0.4) is 0 Å². The fourth-order valence-corrected chi connectivity index (χ4v) is 1.68. The van der Waals surface area contributed by atoms with Gasteiger partial charge in [-0.25, -0.2) is 9.78 Å². The molecule has 7 heteroatoms. The van der Waals surface area contributed by atoms with Crippen LogP contribution in [0.5, 0.6) is 11.5 Å². The highest BCUT2D eigenvalue weighted by molar-refractivity contribution is 5.87. The smallest absolute Gasteiger partial charge is 0.358 e. The van der Waals surface area contributed by atoms with Gasteiger partial charge in [0.2, 0.25) is 0 Å². The maximum atomic E-state index is 11.4. The second kappa shape index (κ2) is 6.56. The molecule has 2 rings (SSSR count). The minimum absolute atomic E-state index is 0.115. The van der Waals surface area contributed by atoms with Crippen molar-refractivity contribution in [2.24, 2.45) is 0 Å². The van der Waals surface area contributed by atoms with Crippen LogP contribution in [-0.2, 0) is 4.74 Å². The third kappa shape index (κ3) is 3.38. The third-order valence-corrected chi connectivity index (χ3v) is 2.70. The van der Waals surface area contributed by atoms with Gasteiger partial charge in [-0.2, -0.15) is 0 Å². The van der Waals surface area contributed by atoms with Crippen LogP contribution in [0.4, 0.5) is 11.5 Å². The number of anilines is 2. The molecule has 0 atom stereocenters. The van der Waals surface area contributed by atoms with Crippen LogP contribution >= 0.6 is 0 Å². The number of rotatable bonds is 5. The van der Waals surface area contributed by atoms with E-state index in [9.17, 15) is 4.79 Å². The standard InChI is InChI=1S/C14H15N3O4/c1-19-9-4-5-12(20-2)10(6-9)16-13-8-15-7-11(17-13)14(18)21-3/h4-8H,1-3H3,(H,16,17). The molecule has 0 spiro atoms. The van der Waals surface area contributed by atoms with E-state index in [4.69, 9.17) is 9.47 Å². The Morgan fingerprint density at radius 1 is 1.14 bits per heavy atom. The van der Waals surface area contributed by atoms with E-state index in [1.54, 1.807) is 32.4 Å². The van der Waals surface area contributed by atoms with E-state index in [0.717, 1.165) is 0 Å². The highest BCUT2D eigenvalue weighted by Gasteiger charge is 2.10. The average Bonchev–Trinajstić information content (AvgIpc) is 2.54. The van der Waals surface area contributed by atoms with Gasteiger partial charge in [-0.3, -0.25) is 4.98 Å². The normalized spacial score (nSPS) is 9.86. The summed E-state index contributed by atoms with van der Waals surface area (Å²) in [4.78, 5) is 19.5. The number of hydrogen-bond acceptors (Lipinski definition) is 7. The summed E-state index contributed by atoms with van der Waals surface area (Å²) in [6.45, 7) is 0. The molecular weight excluding hydrogens is 274 g/mol. The fraction of sp³-hybridized carbons (Fsp3) is 0.214. The van der Waals surface area contributed by atoms with Crippen LogP contribution in [0.15, 0.2) is 30.6 Å². The molecule has 1 aromatic heterocycles. The number of ether oxygens (including phenoxy) is 3. The zero-order chi connectivity index (χ0) is 15.2. The highest BCUT2D eigenvalue weighted by Crippen LogP contribution is 2.30. The van der Waals surface area contributed by atoms with Crippen LogP contribution in [-0.4, -0.2) is 37.3 Å². The number of benzene rings is 1. The van der Waals surface area contributed by atoms with Gasteiger partial charge < -0.3 is 19.5 Å². The van der Waals surface area contributed by atoms with Crippen LogP contribution in [0.2, 0.25) is 0 Å². The van der Waals surface area contributed by atoms with E-state index in [0.29, 0.717) is 23.0 Å². The first kappa shape index (κ1) is 14.6. The summed E-state index contributed by atoms with van der Waals surface area (Å²) < 4.78 is 15.0. The number of carbonyl (C=O) groups is 1. The molecule has 0 fully saturated rings. The molecule has 2 aromatic rings. The van der Waals surface area contributed by atoms with Gasteiger partial charge in [0.1, 0.15) is 17.3 Å². The topological polar surface area (TPSA) is 82.6 Å². The Bertz CT molecular complexity index is 646. The second-order valence-electron chi connectivity index (χ2n) is 3.97. The number of nitrogens with zero attached hydrogens (tertiary/aromatic N) is 2. The predicted octanol–water partition coefficient (Wildman–Crippen LogP) is 2.02. The molecule has 21 heavy (non-hydrogen) atoms. The number of nitrogens with one attached hydrogen (secondary N) is 1. The molecule has 0 unspecified atom stereocenters. The van der Waals surface area contributed by atoms with Crippen molar-refractivity contribution < 1.29 is 19.0 Å². The second-order valence-corrected chi connectivity index (χ2v) is 3.97. The molecule has 1 heterocycles. The summed E-state index contributed by atoms with van der Waals surface area (Å²) in [5, 5.41) is 3.03. The van der Waals surface area contributed by atoms with Crippen molar-refractivity contribution in [3.63, 3.8) is 0 Å². The Balaban J connectivity index is 2.31. The van der Waals surface area contributed by atoms with Gasteiger partial charge in [0.25, 0.3) is 0 Å². The van der Waals surface area contributed by atoms with Gasteiger partial charge in [0, 0.05) is 6.07 Å². The SMILES string of the molecule is COC(=O)c1cncc(Nc2cc(OC)ccc2OC)n1. The van der Waals surface area contributed by atoms with Gasteiger partial charge >= 0.3 is 5.97 Å². The molecular formula is C14H15N3O4. The first-order valence-electron chi connectivity index (χ1n) is 6.07. The van der Waals surface area contributed by atoms with Crippen molar-refractivity contribution in [2.75, 3.05) is 26.6 Å². The lowest BCUT2D eigenvalue weighted by Gasteiger charge is -2.12. The van der Waals surface area contributed by atoms with E-state index in [1.807, 2.05) is 0 Å². The molecule has 0 aliphatic carbocycles. The number of methoxy groups -OCH3 is 3. The van der Waals surface area contributed by atoms with E-state index in [2.05, 4.69) is 20.0 Å². The van der Waals surface area contributed by atoms with Crippen molar-refractivity contribution in [3.05, 3.63) is 36.3 Å². The van der Waals surface area contributed by atoms with Gasteiger partial charge in [0.15, 0.2) is 5.69 Å². The highest BCUT2D eigenvalue weighted by atomic mass is 16.5. The number of hydrogen-bond donors (Lipinski definition) is 1. The van der Waals surface area contributed by atoms with Gasteiger partial charge in [-0.1, -0.05) is 0 Å². The molecule has 1 N–H and O–H groups in total. The van der Waals surface area contributed by atoms with Gasteiger partial charge in [-0.15, -0.1) is 0 Å². The first-order chi connectivity index (χ1) is 10.2. The molecule has 0 aliphatic heterocycles. The summed E-state index contributed by atoms with van der Waals surface area (Å²) in [6, 6.07) is 5.30. The predicted molar refractivity (Wildman–Crippen MR) is 76.2 cm³/mol. The van der Waals surface area contributed by atoms with E-state index < -0.39 is 5.97 Å². The maximum absolute atomic E-state index is 11.4. The Hall–Kier alpha value is -2.83. The molecule has 0 saturated heterocycles. The molecule has 0 radical (unpaired) electrons. The summed E-state index contributed by atoms with van der Waals surface area (Å²) in [7, 11) is 4.42. The average molecular weight is 289 g/mol. The van der Waals surface area contributed by atoms with Crippen molar-refractivity contribution in [1.29, 1.82) is 0 Å². The monoisotopic (exact) mass is 289 g/mol. The van der Waals surface area contributed by atoms with Gasteiger partial charge in [-0.05, 0) is 12.1 Å². The van der Waals surface area contributed by atoms with Crippen molar-refractivity contribution in [1.82, 2.24) is 9.97 Å². The fourth-order valence-electron chi connectivity index (χ4n) is 1.68. The van der Waals surface area contributed by atoms with E-state index in [1.165, 1.54) is 19.5 Å². The molecule has 0 bridgehead atoms. The van der Waals surface area contributed by atoms with Crippen molar-refractivity contribution >= 4 is 17.5 Å². The Labute approximate surface area is 121 Å². The van der Waals surface area contributed by atoms with Crippen LogP contribution in [0.1, 0.15) is 10.5 Å². The minimum Gasteiger partial charge on any atom is -0.497 e. The Morgan fingerprint density at radius 3 is 2.62 bits per heavy atom. The molecule has 1 aromatic carbocycles.